The summed E-state index contributed by atoms with van der Waals surface area (Å²) in [5.41, 5.74) is 2.51. The molecule has 1 N–H and O–H groups in total. The predicted molar refractivity (Wildman–Crippen MR) is 81.3 cm³/mol. The Hall–Kier alpha value is -0.580. The van der Waals surface area contributed by atoms with Crippen molar-refractivity contribution in [3.8, 4) is 0 Å². The van der Waals surface area contributed by atoms with Crippen LogP contribution in [0.1, 0.15) is 31.0 Å². The van der Waals surface area contributed by atoms with Crippen LogP contribution < -0.4 is 5.32 Å². The Balaban J connectivity index is 1.50. The van der Waals surface area contributed by atoms with Crippen LogP contribution in [0.5, 0.6) is 0 Å². The van der Waals surface area contributed by atoms with E-state index >= 15 is 0 Å². The van der Waals surface area contributed by atoms with Crippen LogP contribution in [-0.4, -0.2) is 40.0 Å². The van der Waals surface area contributed by atoms with E-state index in [4.69, 9.17) is 0 Å². The minimum atomic E-state index is 0.760. The van der Waals surface area contributed by atoms with E-state index in [2.05, 4.69) is 46.0 Å². The molecule has 104 valence electrons. The fourth-order valence-electron chi connectivity index (χ4n) is 2.47. The third-order valence-electron chi connectivity index (χ3n) is 3.77. The molecule has 0 radical (unpaired) electrons. The maximum Gasteiger partial charge on any atom is 0.0544 e. The Morgan fingerprint density at radius 2 is 2.32 bits per heavy atom. The van der Waals surface area contributed by atoms with Crippen molar-refractivity contribution in [2.45, 2.75) is 44.1 Å². The first-order valence-electron chi connectivity index (χ1n) is 7.31. The minimum Gasteiger partial charge on any atom is -0.310 e. The highest BCUT2D eigenvalue weighted by molar-refractivity contribution is 7.99. The van der Waals surface area contributed by atoms with Gasteiger partial charge in [0.05, 0.1) is 5.69 Å². The molecule has 1 aliphatic carbocycles. The van der Waals surface area contributed by atoms with E-state index in [1.54, 1.807) is 0 Å². The molecule has 3 nitrogen and oxygen atoms in total. The third kappa shape index (κ3) is 4.20. The molecule has 1 atom stereocenters. The highest BCUT2D eigenvalue weighted by Crippen LogP contribution is 2.20. The van der Waals surface area contributed by atoms with Crippen molar-refractivity contribution >= 4 is 11.8 Å². The fourth-order valence-corrected chi connectivity index (χ4v) is 3.55. The Bertz CT molecular complexity index is 402. The molecule has 2 aliphatic rings. The normalized spacial score (nSPS) is 24.6. The van der Waals surface area contributed by atoms with Crippen LogP contribution in [0.2, 0.25) is 0 Å². The van der Waals surface area contributed by atoms with Crippen molar-refractivity contribution in [2.75, 3.05) is 18.8 Å². The number of rotatable bonds is 5. The van der Waals surface area contributed by atoms with E-state index in [9.17, 15) is 0 Å². The van der Waals surface area contributed by atoms with Crippen LogP contribution in [0.3, 0.4) is 0 Å². The van der Waals surface area contributed by atoms with Gasteiger partial charge >= 0.3 is 0 Å². The van der Waals surface area contributed by atoms with Crippen molar-refractivity contribution in [3.05, 3.63) is 29.6 Å². The van der Waals surface area contributed by atoms with Gasteiger partial charge in [-0.2, -0.15) is 11.8 Å². The first-order chi connectivity index (χ1) is 9.29. The zero-order valence-electron chi connectivity index (χ0n) is 11.6. The molecular formula is C15H23N3S. The van der Waals surface area contributed by atoms with E-state index < -0.39 is 0 Å². The van der Waals surface area contributed by atoms with Gasteiger partial charge in [0.25, 0.3) is 0 Å². The summed E-state index contributed by atoms with van der Waals surface area (Å²) in [7, 11) is 0. The van der Waals surface area contributed by atoms with Crippen LogP contribution >= 0.6 is 11.8 Å². The van der Waals surface area contributed by atoms with Crippen molar-refractivity contribution in [2.24, 2.45) is 0 Å². The molecule has 2 fully saturated rings. The Morgan fingerprint density at radius 1 is 1.42 bits per heavy atom. The number of hydrogen-bond acceptors (Lipinski definition) is 4. The SMILES string of the molecule is CC1CN(Cc2ccc(CNC3CC3)cn2)CCS1. The molecule has 1 aromatic rings. The average molecular weight is 277 g/mol. The largest absolute Gasteiger partial charge is 0.310 e. The first-order valence-corrected chi connectivity index (χ1v) is 8.35. The zero-order chi connectivity index (χ0) is 13.1. The molecule has 1 saturated carbocycles. The molecule has 0 bridgehead atoms. The van der Waals surface area contributed by atoms with E-state index in [1.807, 2.05) is 6.20 Å². The molecule has 3 rings (SSSR count). The lowest BCUT2D eigenvalue weighted by Crippen LogP contribution is -2.36. The van der Waals surface area contributed by atoms with Crippen molar-refractivity contribution in [1.29, 1.82) is 0 Å². The van der Waals surface area contributed by atoms with Gasteiger partial charge in [-0.15, -0.1) is 0 Å². The van der Waals surface area contributed by atoms with Crippen LogP contribution in [0.25, 0.3) is 0 Å². The highest BCUT2D eigenvalue weighted by atomic mass is 32.2. The topological polar surface area (TPSA) is 28.2 Å². The molecule has 1 aromatic heterocycles. The molecule has 4 heteroatoms. The molecule has 1 aliphatic heterocycles. The van der Waals surface area contributed by atoms with Crippen LogP contribution in [0.4, 0.5) is 0 Å². The summed E-state index contributed by atoms with van der Waals surface area (Å²) in [5.74, 6) is 1.25. The Kier molecular flexibility index (Phi) is 4.41. The van der Waals surface area contributed by atoms with Crippen LogP contribution in [0, 0.1) is 0 Å². The van der Waals surface area contributed by atoms with Gasteiger partial charge in [0.1, 0.15) is 0 Å². The maximum atomic E-state index is 4.61. The molecule has 1 saturated heterocycles. The summed E-state index contributed by atoms with van der Waals surface area (Å²) in [6, 6.07) is 5.18. The first kappa shape index (κ1) is 13.4. The van der Waals surface area contributed by atoms with Crippen molar-refractivity contribution in [3.63, 3.8) is 0 Å². The fraction of sp³-hybridized carbons (Fsp3) is 0.667. The molecule has 0 spiro atoms. The highest BCUT2D eigenvalue weighted by Gasteiger charge is 2.20. The van der Waals surface area contributed by atoms with E-state index in [0.717, 1.165) is 24.4 Å². The zero-order valence-corrected chi connectivity index (χ0v) is 12.5. The lowest BCUT2D eigenvalue weighted by Gasteiger charge is -2.30. The predicted octanol–water partition coefficient (Wildman–Crippen LogP) is 2.27. The standard InChI is InChI=1S/C15H23N3S/c1-12-10-18(6-7-19-12)11-15-3-2-13(9-17-15)8-16-14-4-5-14/h2-3,9,12,14,16H,4-8,10-11H2,1H3. The van der Waals surface area contributed by atoms with Gasteiger partial charge in [0.15, 0.2) is 0 Å². The number of hydrogen-bond donors (Lipinski definition) is 1. The van der Waals surface area contributed by atoms with Gasteiger partial charge in [0.2, 0.25) is 0 Å². The number of aromatic nitrogens is 1. The lowest BCUT2D eigenvalue weighted by molar-refractivity contribution is 0.275. The van der Waals surface area contributed by atoms with Gasteiger partial charge in [0, 0.05) is 49.4 Å². The van der Waals surface area contributed by atoms with Crippen LogP contribution in [-0.2, 0) is 13.1 Å². The maximum absolute atomic E-state index is 4.61. The Morgan fingerprint density at radius 3 is 3.00 bits per heavy atom. The molecule has 0 aromatic carbocycles. The summed E-state index contributed by atoms with van der Waals surface area (Å²) >= 11 is 2.08. The summed E-state index contributed by atoms with van der Waals surface area (Å²) in [6.45, 7) is 6.67. The minimum absolute atomic E-state index is 0.760. The van der Waals surface area contributed by atoms with E-state index in [1.165, 1.54) is 42.9 Å². The second kappa shape index (κ2) is 6.25. The van der Waals surface area contributed by atoms with Gasteiger partial charge in [-0.25, -0.2) is 0 Å². The molecule has 1 unspecified atom stereocenters. The Labute approximate surface area is 120 Å². The lowest BCUT2D eigenvalue weighted by atomic mass is 10.2. The van der Waals surface area contributed by atoms with Gasteiger partial charge < -0.3 is 5.32 Å². The number of pyridine rings is 1. The summed E-state index contributed by atoms with van der Waals surface area (Å²) in [4.78, 5) is 7.13. The van der Waals surface area contributed by atoms with Gasteiger partial charge in [-0.3, -0.25) is 9.88 Å². The van der Waals surface area contributed by atoms with Gasteiger partial charge in [-0.05, 0) is 24.5 Å². The summed E-state index contributed by atoms with van der Waals surface area (Å²) < 4.78 is 0. The number of thioether (sulfide) groups is 1. The average Bonchev–Trinajstić information content (AvgIpc) is 3.22. The van der Waals surface area contributed by atoms with E-state index in [-0.39, 0.29) is 0 Å². The molecular weight excluding hydrogens is 254 g/mol. The molecule has 0 amide bonds. The number of nitrogens with one attached hydrogen (secondary N) is 1. The van der Waals surface area contributed by atoms with Gasteiger partial charge in [-0.1, -0.05) is 13.0 Å². The second-order valence-electron chi connectivity index (χ2n) is 5.73. The van der Waals surface area contributed by atoms with Crippen LogP contribution in [0.15, 0.2) is 18.3 Å². The monoisotopic (exact) mass is 277 g/mol. The van der Waals surface area contributed by atoms with E-state index in [0.29, 0.717) is 0 Å². The number of nitrogens with zero attached hydrogens (tertiary/aromatic N) is 2. The molecule has 19 heavy (non-hydrogen) atoms. The quantitative estimate of drug-likeness (QED) is 0.894. The third-order valence-corrected chi connectivity index (χ3v) is 4.91. The summed E-state index contributed by atoms with van der Waals surface area (Å²) in [6.07, 6.45) is 4.72. The van der Waals surface area contributed by atoms with Crippen molar-refractivity contribution in [1.82, 2.24) is 15.2 Å². The summed E-state index contributed by atoms with van der Waals surface area (Å²) in [5, 5.41) is 4.29. The van der Waals surface area contributed by atoms with Crippen molar-refractivity contribution < 1.29 is 0 Å². The smallest absolute Gasteiger partial charge is 0.0544 e. The second-order valence-corrected chi connectivity index (χ2v) is 7.28. The molecule has 2 heterocycles.